The number of benzene rings is 2. The summed E-state index contributed by atoms with van der Waals surface area (Å²) in [4.78, 5) is 0. The molecule has 0 spiro atoms. The van der Waals surface area contributed by atoms with Gasteiger partial charge in [-0.3, -0.25) is 0 Å². The lowest BCUT2D eigenvalue weighted by Gasteiger charge is -2.07. The van der Waals surface area contributed by atoms with E-state index in [9.17, 15) is 0 Å². The highest BCUT2D eigenvalue weighted by Crippen LogP contribution is 2.23. The highest BCUT2D eigenvalue weighted by atomic mass is 16.5. The van der Waals surface area contributed by atoms with E-state index >= 15 is 0 Å². The summed E-state index contributed by atoms with van der Waals surface area (Å²) in [6.45, 7) is 0. The predicted molar refractivity (Wildman–Crippen MR) is 80.7 cm³/mol. The third-order valence-corrected chi connectivity index (χ3v) is 2.98. The van der Waals surface area contributed by atoms with Crippen LogP contribution >= 0.6 is 0 Å². The van der Waals surface area contributed by atoms with Crippen LogP contribution < -0.4 is 4.74 Å². The fourth-order valence-corrected chi connectivity index (χ4v) is 1.95. The van der Waals surface area contributed by atoms with E-state index in [1.165, 1.54) is 16.7 Å². The van der Waals surface area contributed by atoms with Crippen LogP contribution in [0.2, 0.25) is 6.32 Å². The van der Waals surface area contributed by atoms with E-state index < -0.39 is 0 Å². The topological polar surface area (TPSA) is 9.23 Å². The number of hydrogen-bond donors (Lipinski definition) is 0. The molecule has 0 aromatic heterocycles. The van der Waals surface area contributed by atoms with Gasteiger partial charge < -0.3 is 4.74 Å². The van der Waals surface area contributed by atoms with Crippen LogP contribution in [0, 0.1) is 0 Å². The molecule has 0 radical (unpaired) electrons. The molecule has 0 unspecified atom stereocenters. The van der Waals surface area contributed by atoms with Gasteiger partial charge in [-0.2, -0.15) is 0 Å². The first kappa shape index (κ1) is 12.5. The Balaban J connectivity index is 2.30. The van der Waals surface area contributed by atoms with Gasteiger partial charge in [0.2, 0.25) is 0 Å². The smallest absolute Gasteiger partial charge is 0.118 e. The molecule has 0 aliphatic carbocycles. The zero-order chi connectivity index (χ0) is 12.8. The summed E-state index contributed by atoms with van der Waals surface area (Å²) in [7, 11) is 3.87. The number of methoxy groups -OCH3 is 1. The molecule has 0 atom stereocenters. The first-order valence-corrected chi connectivity index (χ1v) is 6.23. The summed E-state index contributed by atoms with van der Waals surface area (Å²) in [5, 5.41) is 0. The highest BCUT2D eigenvalue weighted by molar-refractivity contribution is 6.16. The first-order chi connectivity index (χ1) is 8.83. The lowest BCUT2D eigenvalue weighted by atomic mass is 9.90. The Kier molecular flexibility index (Phi) is 4.24. The van der Waals surface area contributed by atoms with Gasteiger partial charge in [-0.15, -0.1) is 0 Å². The zero-order valence-electron chi connectivity index (χ0n) is 10.9. The molecule has 2 aromatic carbocycles. The molecule has 0 fully saturated rings. The third-order valence-electron chi connectivity index (χ3n) is 2.98. The maximum absolute atomic E-state index is 5.18. The molecule has 2 heteroatoms. The summed E-state index contributed by atoms with van der Waals surface area (Å²) in [5.41, 5.74) is 3.83. The lowest BCUT2D eigenvalue weighted by Crippen LogP contribution is -1.86. The summed E-state index contributed by atoms with van der Waals surface area (Å²) in [6, 6.07) is 18.6. The Labute approximate surface area is 110 Å². The van der Waals surface area contributed by atoms with Gasteiger partial charge in [0.15, 0.2) is 0 Å². The standard InChI is InChI=1S/C16H17BO/c1-18-16-9-7-14(8-10-16)15(12-17)11-13-5-3-2-4-6-13/h2-11H,12,17H2,1H3/b15-11+. The Morgan fingerprint density at radius 3 is 2.28 bits per heavy atom. The molecule has 0 N–H and O–H groups in total. The van der Waals surface area contributed by atoms with Gasteiger partial charge in [-0.05, 0) is 28.8 Å². The maximum Gasteiger partial charge on any atom is 0.118 e. The molecule has 18 heavy (non-hydrogen) atoms. The fraction of sp³-hybridized carbons (Fsp3) is 0.125. The summed E-state index contributed by atoms with van der Waals surface area (Å²) < 4.78 is 5.18. The molecule has 2 aromatic rings. The van der Waals surface area contributed by atoms with Gasteiger partial charge in [-0.1, -0.05) is 54.9 Å². The van der Waals surface area contributed by atoms with Gasteiger partial charge in [0.25, 0.3) is 0 Å². The SMILES string of the molecule is BC/C(=C\c1ccccc1)c1ccc(OC)cc1. The van der Waals surface area contributed by atoms with Crippen LogP contribution in [0.3, 0.4) is 0 Å². The van der Waals surface area contributed by atoms with Gasteiger partial charge >= 0.3 is 0 Å². The zero-order valence-corrected chi connectivity index (χ0v) is 10.9. The maximum atomic E-state index is 5.18. The molecular formula is C16H17BO. The second-order valence-corrected chi connectivity index (χ2v) is 4.16. The van der Waals surface area contributed by atoms with Crippen molar-refractivity contribution in [1.29, 1.82) is 0 Å². The summed E-state index contributed by atoms with van der Waals surface area (Å²) >= 11 is 0. The van der Waals surface area contributed by atoms with E-state index in [1.54, 1.807) is 7.11 Å². The van der Waals surface area contributed by atoms with Crippen LogP contribution in [-0.4, -0.2) is 15.0 Å². The van der Waals surface area contributed by atoms with Crippen LogP contribution in [0.25, 0.3) is 11.6 Å². The van der Waals surface area contributed by atoms with Crippen molar-refractivity contribution in [2.24, 2.45) is 0 Å². The van der Waals surface area contributed by atoms with E-state index in [1.807, 2.05) is 18.2 Å². The van der Waals surface area contributed by atoms with Crippen molar-refractivity contribution in [2.45, 2.75) is 6.32 Å². The number of allylic oxidation sites excluding steroid dienone is 1. The van der Waals surface area contributed by atoms with Crippen molar-refractivity contribution in [2.75, 3.05) is 7.11 Å². The second kappa shape index (κ2) is 6.11. The van der Waals surface area contributed by atoms with Crippen LogP contribution in [0.4, 0.5) is 0 Å². The molecule has 0 aliphatic heterocycles. The van der Waals surface area contributed by atoms with Crippen LogP contribution in [0.5, 0.6) is 5.75 Å². The molecule has 2 rings (SSSR count). The predicted octanol–water partition coefficient (Wildman–Crippen LogP) is 3.29. The van der Waals surface area contributed by atoms with Gasteiger partial charge in [0.05, 0.1) is 7.11 Å². The van der Waals surface area contributed by atoms with E-state index in [0.29, 0.717) is 0 Å². The number of ether oxygens (including phenoxy) is 1. The molecule has 90 valence electrons. The molecule has 0 saturated heterocycles. The molecule has 0 bridgehead atoms. The van der Waals surface area contributed by atoms with Crippen molar-refractivity contribution in [3.8, 4) is 5.75 Å². The Morgan fingerprint density at radius 2 is 1.72 bits per heavy atom. The average Bonchev–Trinajstić information content (AvgIpc) is 2.46. The average molecular weight is 236 g/mol. The minimum absolute atomic E-state index is 0.897. The van der Waals surface area contributed by atoms with Crippen LogP contribution in [-0.2, 0) is 0 Å². The molecule has 0 saturated carbocycles. The molecular weight excluding hydrogens is 219 g/mol. The minimum atomic E-state index is 0.897. The number of rotatable bonds is 4. The van der Waals surface area contributed by atoms with Gasteiger partial charge in [-0.25, -0.2) is 0 Å². The van der Waals surface area contributed by atoms with Crippen molar-refractivity contribution < 1.29 is 4.74 Å². The van der Waals surface area contributed by atoms with E-state index in [4.69, 9.17) is 4.74 Å². The van der Waals surface area contributed by atoms with Crippen molar-refractivity contribution in [1.82, 2.24) is 0 Å². The summed E-state index contributed by atoms with van der Waals surface area (Å²) in [5.74, 6) is 0.897. The van der Waals surface area contributed by atoms with E-state index in [0.717, 1.165) is 12.1 Å². The van der Waals surface area contributed by atoms with E-state index in [-0.39, 0.29) is 0 Å². The molecule has 1 nitrogen and oxygen atoms in total. The second-order valence-electron chi connectivity index (χ2n) is 4.16. The normalized spacial score (nSPS) is 11.3. The van der Waals surface area contributed by atoms with Gasteiger partial charge in [0.1, 0.15) is 13.6 Å². The number of hydrogen-bond acceptors (Lipinski definition) is 1. The largest absolute Gasteiger partial charge is 0.497 e. The fourth-order valence-electron chi connectivity index (χ4n) is 1.95. The van der Waals surface area contributed by atoms with Crippen molar-refractivity contribution in [3.05, 3.63) is 65.7 Å². The molecule has 0 amide bonds. The quantitative estimate of drug-likeness (QED) is 0.584. The minimum Gasteiger partial charge on any atom is -0.497 e. The Hall–Kier alpha value is -1.96. The highest BCUT2D eigenvalue weighted by Gasteiger charge is 2.00. The Bertz CT molecular complexity index is 515. The van der Waals surface area contributed by atoms with Crippen LogP contribution in [0.1, 0.15) is 11.1 Å². The van der Waals surface area contributed by atoms with Crippen molar-refractivity contribution >= 4 is 19.5 Å². The van der Waals surface area contributed by atoms with Crippen molar-refractivity contribution in [3.63, 3.8) is 0 Å². The van der Waals surface area contributed by atoms with Crippen LogP contribution in [0.15, 0.2) is 54.6 Å². The molecule has 0 heterocycles. The monoisotopic (exact) mass is 236 g/mol. The first-order valence-electron chi connectivity index (χ1n) is 6.23. The Morgan fingerprint density at radius 1 is 1.06 bits per heavy atom. The summed E-state index contributed by atoms with van der Waals surface area (Å²) in [6.07, 6.45) is 3.25. The van der Waals surface area contributed by atoms with E-state index in [2.05, 4.69) is 50.3 Å². The molecule has 0 aliphatic rings. The third kappa shape index (κ3) is 3.04. The van der Waals surface area contributed by atoms with Gasteiger partial charge in [0, 0.05) is 0 Å². The lowest BCUT2D eigenvalue weighted by molar-refractivity contribution is 0.415.